The molecule has 2 bridgehead atoms. The Bertz CT molecular complexity index is 1270. The van der Waals surface area contributed by atoms with E-state index in [-0.39, 0.29) is 29.9 Å². The van der Waals surface area contributed by atoms with Crippen LogP contribution < -0.4 is 5.32 Å². The van der Waals surface area contributed by atoms with Crippen LogP contribution in [0.15, 0.2) is 48.5 Å². The Morgan fingerprint density at radius 1 is 1.07 bits per heavy atom. The number of aliphatic hydroxyl groups is 1. The summed E-state index contributed by atoms with van der Waals surface area (Å²) in [6.45, 7) is 16.5. The fourth-order valence-corrected chi connectivity index (χ4v) is 8.03. The molecule has 4 fully saturated rings. The number of fused-ring (bicyclic) bond motifs is 2. The maximum absolute atomic E-state index is 13.9. The highest BCUT2D eigenvalue weighted by Crippen LogP contribution is 2.61. The zero-order valence-corrected chi connectivity index (χ0v) is 26.3. The Hall–Kier alpha value is -2.74. The number of carbonyl (C=O) groups excluding carboxylic acids is 2. The normalized spacial score (nSPS) is 30.8. The molecule has 0 spiro atoms. The maximum Gasteiger partial charge on any atom is 0.253 e. The summed E-state index contributed by atoms with van der Waals surface area (Å²) in [4.78, 5) is 34.7. The van der Waals surface area contributed by atoms with Crippen LogP contribution in [0.25, 0.3) is 11.1 Å². The van der Waals surface area contributed by atoms with Crippen LogP contribution >= 0.6 is 0 Å². The van der Waals surface area contributed by atoms with Gasteiger partial charge in [-0.2, -0.15) is 5.06 Å². The molecule has 228 valence electrons. The van der Waals surface area contributed by atoms with Crippen LogP contribution in [0.2, 0.25) is 0 Å². The number of benzene rings is 2. The first-order valence-electron chi connectivity index (χ1n) is 15.9. The third kappa shape index (κ3) is 5.63. The van der Waals surface area contributed by atoms with Crippen molar-refractivity contribution in [1.82, 2.24) is 15.3 Å². The van der Waals surface area contributed by atoms with E-state index >= 15 is 0 Å². The second-order valence-corrected chi connectivity index (χ2v) is 13.5. The minimum Gasteiger partial charge on any atom is -0.393 e. The van der Waals surface area contributed by atoms with Gasteiger partial charge in [0.05, 0.1) is 18.8 Å². The molecule has 0 aromatic heterocycles. The highest BCUT2D eigenvalue weighted by atomic mass is 16.7. The quantitative estimate of drug-likeness (QED) is 0.411. The summed E-state index contributed by atoms with van der Waals surface area (Å²) < 4.78 is 0. The zero-order valence-electron chi connectivity index (χ0n) is 26.3. The molecule has 2 aromatic carbocycles. The van der Waals surface area contributed by atoms with E-state index in [2.05, 4.69) is 38.2 Å². The van der Waals surface area contributed by atoms with Gasteiger partial charge in [0.2, 0.25) is 5.91 Å². The summed E-state index contributed by atoms with van der Waals surface area (Å²) in [7, 11) is 0. The summed E-state index contributed by atoms with van der Waals surface area (Å²) >= 11 is 0. The standard InChI is InChI=1S/C35H49N3O4/c1-8-37(9-2)34(41)26-15-13-25(14-16-26)27-12-10-11-24(17-27)20-38-32(31(22(4)39)23(5)42-38)33(40)36-30-19-28-18-29(21(30)3)35(28,6)7/h10-17,21-23,28-32,39H,8-9,18-20H2,1-7H3,(H,36,40)/t21-,22-,23-,28+,29-,30-,31+,32-/m0/s1. The van der Waals surface area contributed by atoms with Gasteiger partial charge >= 0.3 is 0 Å². The molecule has 8 atom stereocenters. The molecule has 0 unspecified atom stereocenters. The molecule has 7 nitrogen and oxygen atoms in total. The third-order valence-corrected chi connectivity index (χ3v) is 10.8. The molecular weight excluding hydrogens is 526 g/mol. The molecule has 2 aromatic rings. The van der Waals surface area contributed by atoms with Gasteiger partial charge in [-0.05, 0) is 98.6 Å². The highest BCUT2D eigenvalue weighted by molar-refractivity contribution is 5.94. The first-order valence-corrected chi connectivity index (χ1v) is 15.9. The number of nitrogens with zero attached hydrogens (tertiary/aromatic N) is 2. The Morgan fingerprint density at radius 2 is 1.76 bits per heavy atom. The smallest absolute Gasteiger partial charge is 0.253 e. The van der Waals surface area contributed by atoms with Gasteiger partial charge in [-0.3, -0.25) is 14.4 Å². The molecule has 3 saturated carbocycles. The van der Waals surface area contributed by atoms with Crippen molar-refractivity contribution in [2.24, 2.45) is 29.1 Å². The van der Waals surface area contributed by atoms with Crippen LogP contribution in [0.3, 0.4) is 0 Å². The number of hydrogen-bond acceptors (Lipinski definition) is 5. The molecule has 6 rings (SSSR count). The number of hydroxylamine groups is 2. The molecule has 3 aliphatic carbocycles. The summed E-state index contributed by atoms with van der Waals surface area (Å²) in [6, 6.07) is 15.5. The summed E-state index contributed by atoms with van der Waals surface area (Å²) in [6.07, 6.45) is 1.31. The van der Waals surface area contributed by atoms with Gasteiger partial charge in [0, 0.05) is 30.6 Å². The molecule has 2 N–H and O–H groups in total. The van der Waals surface area contributed by atoms with Gasteiger partial charge < -0.3 is 15.3 Å². The van der Waals surface area contributed by atoms with Crippen LogP contribution in [0.5, 0.6) is 0 Å². The number of rotatable bonds is 9. The predicted octanol–water partition coefficient (Wildman–Crippen LogP) is 5.52. The number of aliphatic hydroxyl groups excluding tert-OH is 1. The Balaban J connectivity index is 1.31. The van der Waals surface area contributed by atoms with Crippen molar-refractivity contribution in [2.75, 3.05) is 13.1 Å². The van der Waals surface area contributed by atoms with E-state index in [9.17, 15) is 14.7 Å². The summed E-state index contributed by atoms with van der Waals surface area (Å²) in [5.41, 5.74) is 4.11. The second kappa shape index (κ2) is 12.1. The second-order valence-electron chi connectivity index (χ2n) is 13.5. The molecule has 1 aliphatic heterocycles. The maximum atomic E-state index is 13.9. The van der Waals surface area contributed by atoms with E-state index in [0.29, 0.717) is 48.4 Å². The monoisotopic (exact) mass is 575 g/mol. The minimum atomic E-state index is -0.680. The lowest BCUT2D eigenvalue weighted by Gasteiger charge is -2.62. The molecule has 0 radical (unpaired) electrons. The third-order valence-electron chi connectivity index (χ3n) is 10.8. The van der Waals surface area contributed by atoms with Crippen molar-refractivity contribution in [3.05, 3.63) is 59.7 Å². The van der Waals surface area contributed by atoms with E-state index in [1.165, 1.54) is 6.42 Å². The van der Waals surface area contributed by atoms with Gasteiger partial charge in [0.15, 0.2) is 0 Å². The zero-order chi connectivity index (χ0) is 30.3. The van der Waals surface area contributed by atoms with Crippen molar-refractivity contribution in [2.45, 2.75) is 92.1 Å². The molecule has 2 amide bonds. The van der Waals surface area contributed by atoms with Crippen LogP contribution in [-0.4, -0.2) is 64.3 Å². The minimum absolute atomic E-state index is 0.0425. The van der Waals surface area contributed by atoms with Gasteiger partial charge in [0.1, 0.15) is 6.04 Å². The summed E-state index contributed by atoms with van der Waals surface area (Å²) in [5.74, 6) is 1.38. The van der Waals surface area contributed by atoms with E-state index < -0.39 is 12.1 Å². The topological polar surface area (TPSA) is 82.1 Å². The lowest BCUT2D eigenvalue weighted by molar-refractivity contribution is -0.174. The molecule has 1 saturated heterocycles. The number of carbonyl (C=O) groups is 2. The van der Waals surface area contributed by atoms with Crippen molar-refractivity contribution in [3.8, 4) is 11.1 Å². The molecule has 1 heterocycles. The van der Waals surface area contributed by atoms with Crippen molar-refractivity contribution < 1.29 is 19.5 Å². The number of hydrogen-bond donors (Lipinski definition) is 2. The largest absolute Gasteiger partial charge is 0.393 e. The molecular formula is C35H49N3O4. The number of nitrogens with one attached hydrogen (secondary N) is 1. The SMILES string of the molecule is CCN(CC)C(=O)c1ccc(-c2cccc(CN3O[C@@H](C)[C@@H]([C@H](C)O)[C@H]3C(=O)N[C@H]3C[C@H]4C[C@@H]([C@@H]3C)C4(C)C)c2)cc1. The van der Waals surface area contributed by atoms with E-state index in [0.717, 1.165) is 23.1 Å². The van der Waals surface area contributed by atoms with E-state index in [1.807, 2.05) is 62.1 Å². The first-order chi connectivity index (χ1) is 20.0. The highest BCUT2D eigenvalue weighted by Gasteiger charge is 2.57. The van der Waals surface area contributed by atoms with Gasteiger partial charge in [-0.1, -0.05) is 51.1 Å². The Kier molecular flexibility index (Phi) is 8.85. The van der Waals surface area contributed by atoms with Crippen LogP contribution in [-0.2, 0) is 16.2 Å². The van der Waals surface area contributed by atoms with Crippen LogP contribution in [0.1, 0.15) is 77.2 Å². The lowest BCUT2D eigenvalue weighted by atomic mass is 9.45. The van der Waals surface area contributed by atoms with Crippen LogP contribution in [0.4, 0.5) is 0 Å². The van der Waals surface area contributed by atoms with Gasteiger partial charge in [0.25, 0.3) is 5.91 Å². The van der Waals surface area contributed by atoms with Crippen LogP contribution in [0, 0.1) is 29.1 Å². The van der Waals surface area contributed by atoms with Gasteiger partial charge in [-0.25, -0.2) is 0 Å². The van der Waals surface area contributed by atoms with Crippen molar-refractivity contribution in [3.63, 3.8) is 0 Å². The molecule has 42 heavy (non-hydrogen) atoms. The van der Waals surface area contributed by atoms with Crippen molar-refractivity contribution >= 4 is 11.8 Å². The first kappa shape index (κ1) is 30.7. The Labute approximate surface area is 251 Å². The average Bonchev–Trinajstić information content (AvgIpc) is 3.30. The van der Waals surface area contributed by atoms with Crippen molar-refractivity contribution in [1.29, 1.82) is 0 Å². The molecule has 7 heteroatoms. The predicted molar refractivity (Wildman–Crippen MR) is 165 cm³/mol. The number of amides is 2. The molecule has 4 aliphatic rings. The van der Waals surface area contributed by atoms with E-state index in [4.69, 9.17) is 4.84 Å². The van der Waals surface area contributed by atoms with Gasteiger partial charge in [-0.15, -0.1) is 0 Å². The Morgan fingerprint density at radius 3 is 2.36 bits per heavy atom. The summed E-state index contributed by atoms with van der Waals surface area (Å²) in [5, 5.41) is 15.9. The fraction of sp³-hybridized carbons (Fsp3) is 0.600. The fourth-order valence-electron chi connectivity index (χ4n) is 8.03. The lowest BCUT2D eigenvalue weighted by Crippen LogP contribution is -2.62. The van der Waals surface area contributed by atoms with E-state index in [1.54, 1.807) is 12.0 Å². The average molecular weight is 576 g/mol.